The first-order chi connectivity index (χ1) is 13.5. The van der Waals surface area contributed by atoms with Gasteiger partial charge in [-0.05, 0) is 57.0 Å². The Morgan fingerprint density at radius 3 is 2.75 bits per heavy atom. The van der Waals surface area contributed by atoms with Gasteiger partial charge in [0, 0.05) is 18.1 Å². The molecule has 0 aromatic heterocycles. The first-order valence-corrected chi connectivity index (χ1v) is 10.3. The van der Waals surface area contributed by atoms with E-state index in [2.05, 4.69) is 16.3 Å². The molecule has 0 aliphatic carbocycles. The van der Waals surface area contributed by atoms with Crippen molar-refractivity contribution in [2.24, 2.45) is 5.92 Å². The third-order valence-electron chi connectivity index (χ3n) is 5.14. The molecular weight excluding hydrogens is 372 g/mol. The van der Waals surface area contributed by atoms with E-state index in [1.807, 2.05) is 56.3 Å². The van der Waals surface area contributed by atoms with Gasteiger partial charge in [0.1, 0.15) is 12.4 Å². The molecule has 0 saturated carbocycles. The summed E-state index contributed by atoms with van der Waals surface area (Å²) in [5, 5.41) is 3.90. The summed E-state index contributed by atoms with van der Waals surface area (Å²) >= 11 is 6.29. The van der Waals surface area contributed by atoms with Crippen LogP contribution < -0.4 is 10.1 Å². The van der Waals surface area contributed by atoms with Crippen molar-refractivity contribution in [1.82, 2.24) is 10.2 Å². The second-order valence-corrected chi connectivity index (χ2v) is 8.11. The van der Waals surface area contributed by atoms with Gasteiger partial charge < -0.3 is 10.1 Å². The number of aryl methyl sites for hydroxylation is 1. The first-order valence-electron chi connectivity index (χ1n) is 9.97. The highest BCUT2D eigenvalue weighted by Gasteiger charge is 2.26. The van der Waals surface area contributed by atoms with Crippen molar-refractivity contribution in [2.45, 2.75) is 39.3 Å². The fraction of sp³-hybridized carbons (Fsp3) is 0.435. The molecule has 0 radical (unpaired) electrons. The van der Waals surface area contributed by atoms with Gasteiger partial charge in [0.2, 0.25) is 5.91 Å². The fourth-order valence-corrected chi connectivity index (χ4v) is 3.73. The third-order valence-corrected chi connectivity index (χ3v) is 5.51. The number of carbonyl (C=O) groups excluding carboxylic acids is 1. The van der Waals surface area contributed by atoms with Crippen LogP contribution in [0.1, 0.15) is 30.9 Å². The molecule has 1 saturated heterocycles. The molecule has 3 rings (SSSR count). The number of benzene rings is 2. The minimum absolute atomic E-state index is 0.0121. The zero-order chi connectivity index (χ0) is 19.9. The van der Waals surface area contributed by atoms with Gasteiger partial charge in [-0.15, -0.1) is 0 Å². The van der Waals surface area contributed by atoms with E-state index in [0.717, 1.165) is 48.8 Å². The molecular formula is C23H29ClN2O2. The Labute approximate surface area is 172 Å². The lowest BCUT2D eigenvalue weighted by Crippen LogP contribution is -2.46. The molecule has 1 heterocycles. The van der Waals surface area contributed by atoms with Crippen LogP contribution in [0.15, 0.2) is 48.5 Å². The van der Waals surface area contributed by atoms with Crippen LogP contribution in [0.4, 0.5) is 0 Å². The molecule has 1 fully saturated rings. The summed E-state index contributed by atoms with van der Waals surface area (Å²) in [5.74, 6) is 0.956. The van der Waals surface area contributed by atoms with Crippen LogP contribution in [0.5, 0.6) is 5.75 Å². The number of hydrogen-bond donors (Lipinski definition) is 1. The van der Waals surface area contributed by atoms with Crippen LogP contribution in [-0.2, 0) is 11.3 Å². The number of rotatable bonds is 7. The predicted molar refractivity (Wildman–Crippen MR) is 114 cm³/mol. The Morgan fingerprint density at radius 1 is 1.25 bits per heavy atom. The molecule has 2 atom stereocenters. The minimum atomic E-state index is -0.0345. The lowest BCUT2D eigenvalue weighted by molar-refractivity contribution is -0.127. The maximum Gasteiger partial charge on any atom is 0.224 e. The Bertz CT molecular complexity index is 778. The number of likely N-dealkylation sites (tertiary alicyclic amines) is 1. The van der Waals surface area contributed by atoms with Gasteiger partial charge in [0.05, 0.1) is 12.0 Å². The van der Waals surface area contributed by atoms with E-state index in [-0.39, 0.29) is 17.9 Å². The predicted octanol–water partition coefficient (Wildman–Crippen LogP) is 4.44. The fourth-order valence-electron chi connectivity index (χ4n) is 3.54. The summed E-state index contributed by atoms with van der Waals surface area (Å²) < 4.78 is 5.78. The van der Waals surface area contributed by atoms with Crippen molar-refractivity contribution in [3.63, 3.8) is 0 Å². The summed E-state index contributed by atoms with van der Waals surface area (Å²) in [5.41, 5.74) is 2.32. The van der Waals surface area contributed by atoms with Crippen LogP contribution in [0.3, 0.4) is 0 Å². The van der Waals surface area contributed by atoms with E-state index in [1.54, 1.807) is 0 Å². The molecule has 0 bridgehead atoms. The van der Waals surface area contributed by atoms with Gasteiger partial charge in [-0.3, -0.25) is 9.69 Å². The molecule has 0 spiro atoms. The number of carbonyl (C=O) groups is 1. The van der Waals surface area contributed by atoms with E-state index >= 15 is 0 Å². The van der Waals surface area contributed by atoms with Crippen LogP contribution in [0.25, 0.3) is 0 Å². The van der Waals surface area contributed by atoms with Crippen LogP contribution in [0.2, 0.25) is 5.02 Å². The molecule has 1 aliphatic rings. The second kappa shape index (κ2) is 9.94. The Hall–Kier alpha value is -2.04. The molecule has 1 aliphatic heterocycles. The average molecular weight is 401 g/mol. The average Bonchev–Trinajstić information content (AvgIpc) is 2.69. The monoisotopic (exact) mass is 400 g/mol. The van der Waals surface area contributed by atoms with E-state index in [1.165, 1.54) is 5.56 Å². The van der Waals surface area contributed by atoms with Crippen molar-refractivity contribution in [3.05, 3.63) is 64.7 Å². The van der Waals surface area contributed by atoms with Crippen molar-refractivity contribution < 1.29 is 9.53 Å². The molecule has 28 heavy (non-hydrogen) atoms. The molecule has 2 aromatic rings. The van der Waals surface area contributed by atoms with Gasteiger partial charge >= 0.3 is 0 Å². The number of hydrogen-bond acceptors (Lipinski definition) is 3. The van der Waals surface area contributed by atoms with E-state index in [9.17, 15) is 4.79 Å². The maximum atomic E-state index is 12.7. The number of nitrogens with one attached hydrogen (secondary N) is 1. The van der Waals surface area contributed by atoms with Crippen molar-refractivity contribution >= 4 is 17.5 Å². The first kappa shape index (κ1) is 20.7. The minimum Gasteiger partial charge on any atom is -0.491 e. The topological polar surface area (TPSA) is 41.6 Å². The number of amides is 1. The zero-order valence-electron chi connectivity index (χ0n) is 16.7. The normalized spacial score (nSPS) is 18.5. The van der Waals surface area contributed by atoms with Gasteiger partial charge in [0.25, 0.3) is 0 Å². The Balaban J connectivity index is 1.46. The van der Waals surface area contributed by atoms with E-state index in [4.69, 9.17) is 16.3 Å². The summed E-state index contributed by atoms with van der Waals surface area (Å²) in [4.78, 5) is 15.0. The van der Waals surface area contributed by atoms with Crippen molar-refractivity contribution in [1.29, 1.82) is 0 Å². The lowest BCUT2D eigenvalue weighted by Gasteiger charge is -2.32. The molecule has 1 amide bonds. The molecule has 5 heteroatoms. The van der Waals surface area contributed by atoms with Crippen LogP contribution >= 0.6 is 11.6 Å². The van der Waals surface area contributed by atoms with Crippen LogP contribution in [-0.4, -0.2) is 36.5 Å². The zero-order valence-corrected chi connectivity index (χ0v) is 17.4. The highest BCUT2D eigenvalue weighted by Crippen LogP contribution is 2.22. The maximum absolute atomic E-state index is 12.7. The largest absolute Gasteiger partial charge is 0.491 e. The summed E-state index contributed by atoms with van der Waals surface area (Å²) in [6.45, 7) is 7.05. The number of halogens is 1. The van der Waals surface area contributed by atoms with Gasteiger partial charge in [-0.1, -0.05) is 47.5 Å². The third kappa shape index (κ3) is 5.98. The standard InChI is InChI=1S/C23H29ClN2O2/c1-17-9-11-21(12-10-17)28-16-18(2)25-23(27)20-7-5-13-26(15-20)14-19-6-3-4-8-22(19)24/h3-4,6,8-12,18,20H,5,7,13-16H2,1-2H3,(H,25,27)/t18-,20+/m0/s1. The van der Waals surface area contributed by atoms with Gasteiger partial charge in [-0.2, -0.15) is 0 Å². The molecule has 1 N–H and O–H groups in total. The SMILES string of the molecule is Cc1ccc(OC[C@H](C)NC(=O)[C@@H]2CCCN(Cc3ccccc3Cl)C2)cc1. The molecule has 4 nitrogen and oxygen atoms in total. The van der Waals surface area contributed by atoms with Crippen molar-refractivity contribution in [2.75, 3.05) is 19.7 Å². The quantitative estimate of drug-likeness (QED) is 0.746. The lowest BCUT2D eigenvalue weighted by atomic mass is 9.96. The summed E-state index contributed by atoms with van der Waals surface area (Å²) in [6.07, 6.45) is 1.95. The van der Waals surface area contributed by atoms with Gasteiger partial charge in [-0.25, -0.2) is 0 Å². The highest BCUT2D eigenvalue weighted by atomic mass is 35.5. The van der Waals surface area contributed by atoms with Crippen LogP contribution in [0, 0.1) is 12.8 Å². The number of nitrogens with zero attached hydrogens (tertiary/aromatic N) is 1. The van der Waals surface area contributed by atoms with Crippen molar-refractivity contribution in [3.8, 4) is 5.75 Å². The van der Waals surface area contributed by atoms with E-state index in [0.29, 0.717) is 6.61 Å². The summed E-state index contributed by atoms with van der Waals surface area (Å²) in [7, 11) is 0. The van der Waals surface area contributed by atoms with Gasteiger partial charge in [0.15, 0.2) is 0 Å². The Kier molecular flexibility index (Phi) is 7.35. The number of ether oxygens (including phenoxy) is 1. The highest BCUT2D eigenvalue weighted by molar-refractivity contribution is 6.31. The second-order valence-electron chi connectivity index (χ2n) is 7.70. The van der Waals surface area contributed by atoms with E-state index < -0.39 is 0 Å². The summed E-state index contributed by atoms with van der Waals surface area (Å²) in [6, 6.07) is 15.8. The Morgan fingerprint density at radius 2 is 2.00 bits per heavy atom. The molecule has 0 unspecified atom stereocenters. The molecule has 150 valence electrons. The number of piperidine rings is 1. The molecule has 2 aromatic carbocycles. The smallest absolute Gasteiger partial charge is 0.224 e.